The third kappa shape index (κ3) is 3.58. The van der Waals surface area contributed by atoms with Gasteiger partial charge in [0.25, 0.3) is 5.91 Å². The van der Waals surface area contributed by atoms with Gasteiger partial charge < -0.3 is 5.32 Å². The van der Waals surface area contributed by atoms with Crippen molar-refractivity contribution in [2.75, 3.05) is 0 Å². The summed E-state index contributed by atoms with van der Waals surface area (Å²) in [7, 11) is 0. The number of carbonyl (C=O) groups is 1. The van der Waals surface area contributed by atoms with E-state index < -0.39 is 17.8 Å². The van der Waals surface area contributed by atoms with E-state index in [0.29, 0.717) is 15.1 Å². The SMILES string of the molecule is O=C(NCc1ccccn1)c1cc2nc(-c3cccs3)cc(C(F)(F)F)n2n1. The molecule has 4 aromatic heterocycles. The molecule has 142 valence electrons. The van der Waals surface area contributed by atoms with Crippen molar-refractivity contribution < 1.29 is 18.0 Å². The lowest BCUT2D eigenvalue weighted by atomic mass is 10.2. The van der Waals surface area contributed by atoms with Crippen LogP contribution in [0, 0.1) is 0 Å². The molecule has 1 amide bonds. The Kier molecular flexibility index (Phi) is 4.55. The number of carbonyl (C=O) groups excluding carboxylic acids is 1. The molecule has 0 fully saturated rings. The minimum atomic E-state index is -4.65. The number of alkyl halides is 3. The number of hydrogen-bond donors (Lipinski definition) is 1. The van der Waals surface area contributed by atoms with E-state index in [1.54, 1.807) is 41.9 Å². The Hall–Kier alpha value is -3.27. The molecule has 6 nitrogen and oxygen atoms in total. The van der Waals surface area contributed by atoms with Crippen LogP contribution >= 0.6 is 11.3 Å². The van der Waals surface area contributed by atoms with E-state index in [1.807, 2.05) is 0 Å². The van der Waals surface area contributed by atoms with Crippen molar-refractivity contribution in [1.82, 2.24) is 24.9 Å². The number of aromatic nitrogens is 4. The van der Waals surface area contributed by atoms with Crippen LogP contribution in [0.15, 0.2) is 54.0 Å². The molecule has 0 aliphatic heterocycles. The molecule has 4 rings (SSSR count). The Bertz CT molecular complexity index is 1120. The lowest BCUT2D eigenvalue weighted by Gasteiger charge is -2.10. The van der Waals surface area contributed by atoms with E-state index in [1.165, 1.54) is 17.4 Å². The fourth-order valence-corrected chi connectivity index (χ4v) is 3.29. The monoisotopic (exact) mass is 403 g/mol. The predicted octanol–water partition coefficient (Wildman–Crippen LogP) is 3.80. The molecule has 0 saturated carbocycles. The molecule has 28 heavy (non-hydrogen) atoms. The van der Waals surface area contributed by atoms with E-state index in [4.69, 9.17) is 0 Å². The average Bonchev–Trinajstić information content (AvgIpc) is 3.34. The quantitative estimate of drug-likeness (QED) is 0.563. The summed E-state index contributed by atoms with van der Waals surface area (Å²) >= 11 is 1.28. The molecule has 0 bridgehead atoms. The highest BCUT2D eigenvalue weighted by molar-refractivity contribution is 7.13. The van der Waals surface area contributed by atoms with Crippen LogP contribution in [0.4, 0.5) is 13.2 Å². The van der Waals surface area contributed by atoms with Crippen LogP contribution in [-0.2, 0) is 12.7 Å². The Morgan fingerprint density at radius 3 is 2.71 bits per heavy atom. The Labute approximate surface area is 160 Å². The fourth-order valence-electron chi connectivity index (χ4n) is 2.60. The smallest absolute Gasteiger partial charge is 0.345 e. The summed E-state index contributed by atoms with van der Waals surface area (Å²) in [5.41, 5.74) is -0.410. The zero-order chi connectivity index (χ0) is 19.7. The zero-order valence-electron chi connectivity index (χ0n) is 14.1. The summed E-state index contributed by atoms with van der Waals surface area (Å²) in [6.45, 7) is 0.132. The first-order valence-electron chi connectivity index (χ1n) is 8.12. The van der Waals surface area contributed by atoms with Crippen LogP contribution in [-0.4, -0.2) is 25.5 Å². The number of pyridine rings is 1. The number of fused-ring (bicyclic) bond motifs is 1. The molecule has 0 aliphatic carbocycles. The van der Waals surface area contributed by atoms with Gasteiger partial charge in [0, 0.05) is 12.3 Å². The second-order valence-electron chi connectivity index (χ2n) is 5.81. The lowest BCUT2D eigenvalue weighted by Crippen LogP contribution is -2.24. The van der Waals surface area contributed by atoms with Crippen LogP contribution < -0.4 is 5.32 Å². The number of rotatable bonds is 4. The number of amides is 1. The summed E-state index contributed by atoms with van der Waals surface area (Å²) in [6, 6.07) is 10.8. The van der Waals surface area contributed by atoms with Crippen LogP contribution in [0.2, 0.25) is 0 Å². The van der Waals surface area contributed by atoms with Crippen LogP contribution in [0.3, 0.4) is 0 Å². The number of nitrogens with one attached hydrogen (secondary N) is 1. The standard InChI is InChI=1S/C18H12F3N5OS/c19-18(20,21)15-8-12(14-5-3-7-28-14)24-16-9-13(25-26(15)16)17(27)23-10-11-4-1-2-6-22-11/h1-9H,10H2,(H,23,27). The first-order chi connectivity index (χ1) is 13.4. The fraction of sp³-hybridized carbons (Fsp3) is 0.111. The van der Waals surface area contributed by atoms with E-state index in [0.717, 1.165) is 6.07 Å². The predicted molar refractivity (Wildman–Crippen MR) is 96.7 cm³/mol. The normalized spacial score (nSPS) is 11.7. The van der Waals surface area contributed by atoms with Gasteiger partial charge in [0.15, 0.2) is 17.0 Å². The van der Waals surface area contributed by atoms with Crippen LogP contribution in [0.1, 0.15) is 21.9 Å². The maximum atomic E-state index is 13.5. The molecule has 0 aromatic carbocycles. The van der Waals surface area contributed by atoms with E-state index in [2.05, 4.69) is 20.4 Å². The minimum absolute atomic E-state index is 0.0544. The van der Waals surface area contributed by atoms with Gasteiger partial charge >= 0.3 is 6.18 Å². The molecule has 0 unspecified atom stereocenters. The molecule has 0 radical (unpaired) electrons. The first kappa shape index (κ1) is 18.1. The molecular formula is C18H12F3N5OS. The first-order valence-corrected chi connectivity index (χ1v) is 9.00. The van der Waals surface area contributed by atoms with Crippen molar-refractivity contribution in [3.05, 3.63) is 71.1 Å². The zero-order valence-corrected chi connectivity index (χ0v) is 15.0. The van der Waals surface area contributed by atoms with Gasteiger partial charge in [-0.15, -0.1) is 11.3 Å². The number of hydrogen-bond acceptors (Lipinski definition) is 5. The number of halogens is 3. The molecule has 0 saturated heterocycles. The van der Waals surface area contributed by atoms with Crippen LogP contribution in [0.25, 0.3) is 16.2 Å². The molecule has 0 spiro atoms. The van der Waals surface area contributed by atoms with E-state index >= 15 is 0 Å². The molecule has 0 atom stereocenters. The largest absolute Gasteiger partial charge is 0.433 e. The van der Waals surface area contributed by atoms with Crippen molar-refractivity contribution >= 4 is 22.9 Å². The van der Waals surface area contributed by atoms with Crippen molar-refractivity contribution in [2.45, 2.75) is 12.7 Å². The van der Waals surface area contributed by atoms with Crippen LogP contribution in [0.5, 0.6) is 0 Å². The molecule has 1 N–H and O–H groups in total. The summed E-state index contributed by atoms with van der Waals surface area (Å²) in [6.07, 6.45) is -3.07. The highest BCUT2D eigenvalue weighted by Gasteiger charge is 2.35. The molecule has 4 heterocycles. The van der Waals surface area contributed by atoms with Gasteiger partial charge in [0.05, 0.1) is 22.8 Å². The van der Waals surface area contributed by atoms with Gasteiger partial charge in [-0.25, -0.2) is 9.50 Å². The summed E-state index contributed by atoms with van der Waals surface area (Å²) in [4.78, 5) is 21.2. The third-order valence-corrected chi connectivity index (χ3v) is 4.77. The van der Waals surface area contributed by atoms with E-state index in [-0.39, 0.29) is 23.6 Å². The van der Waals surface area contributed by atoms with Gasteiger partial charge in [0.2, 0.25) is 0 Å². The Balaban J connectivity index is 1.70. The maximum absolute atomic E-state index is 13.5. The second kappa shape index (κ2) is 7.04. The van der Waals surface area contributed by atoms with Crippen molar-refractivity contribution in [3.63, 3.8) is 0 Å². The van der Waals surface area contributed by atoms with Gasteiger partial charge in [-0.05, 0) is 29.6 Å². The molecule has 4 aromatic rings. The molecule has 10 heteroatoms. The van der Waals surface area contributed by atoms with E-state index in [9.17, 15) is 18.0 Å². The highest BCUT2D eigenvalue weighted by Crippen LogP contribution is 2.33. The summed E-state index contributed by atoms with van der Waals surface area (Å²) in [5.74, 6) is -0.609. The number of thiophene rings is 1. The minimum Gasteiger partial charge on any atom is -0.345 e. The third-order valence-electron chi connectivity index (χ3n) is 3.88. The summed E-state index contributed by atoms with van der Waals surface area (Å²) < 4.78 is 41.2. The van der Waals surface area contributed by atoms with Crippen molar-refractivity contribution in [2.24, 2.45) is 0 Å². The molecule has 0 aliphatic rings. The topological polar surface area (TPSA) is 72.2 Å². The van der Waals surface area contributed by atoms with Gasteiger partial charge in [-0.2, -0.15) is 18.3 Å². The maximum Gasteiger partial charge on any atom is 0.433 e. The number of nitrogens with zero attached hydrogens (tertiary/aromatic N) is 4. The highest BCUT2D eigenvalue weighted by atomic mass is 32.1. The average molecular weight is 403 g/mol. The lowest BCUT2D eigenvalue weighted by molar-refractivity contribution is -0.142. The van der Waals surface area contributed by atoms with Crippen molar-refractivity contribution in [3.8, 4) is 10.6 Å². The summed E-state index contributed by atoms with van der Waals surface area (Å²) in [5, 5.41) is 8.16. The Morgan fingerprint density at radius 1 is 1.18 bits per heavy atom. The van der Waals surface area contributed by atoms with Gasteiger partial charge in [0.1, 0.15) is 0 Å². The van der Waals surface area contributed by atoms with Gasteiger partial charge in [-0.3, -0.25) is 9.78 Å². The van der Waals surface area contributed by atoms with Crippen molar-refractivity contribution in [1.29, 1.82) is 0 Å². The second-order valence-corrected chi connectivity index (χ2v) is 6.75. The molecular weight excluding hydrogens is 391 g/mol. The van der Waals surface area contributed by atoms with Gasteiger partial charge in [-0.1, -0.05) is 12.1 Å². The Morgan fingerprint density at radius 2 is 2.04 bits per heavy atom.